The lowest BCUT2D eigenvalue weighted by Crippen LogP contribution is -2.55. The van der Waals surface area contributed by atoms with Gasteiger partial charge in [0.2, 0.25) is 11.8 Å². The van der Waals surface area contributed by atoms with Gasteiger partial charge in [0.25, 0.3) is 10.0 Å². The van der Waals surface area contributed by atoms with Gasteiger partial charge in [-0.05, 0) is 76.1 Å². The van der Waals surface area contributed by atoms with Crippen LogP contribution in [0.15, 0.2) is 83.8 Å². The Balaban J connectivity index is 2.05. The molecular weight excluding hydrogens is 534 g/mol. The van der Waals surface area contributed by atoms with Crippen LogP contribution in [0.4, 0.5) is 5.69 Å². The quantitative estimate of drug-likeness (QED) is 0.346. The second-order valence-electron chi connectivity index (χ2n) is 10.5. The number of para-hydroxylation sites is 1. The van der Waals surface area contributed by atoms with Gasteiger partial charge in [-0.1, -0.05) is 66.6 Å². The number of benzene rings is 3. The van der Waals surface area contributed by atoms with Crippen molar-refractivity contribution in [1.29, 1.82) is 0 Å². The molecule has 7 nitrogen and oxygen atoms in total. The molecule has 0 aliphatic carbocycles. The Labute approximate surface area is 236 Å². The van der Waals surface area contributed by atoms with E-state index in [-0.39, 0.29) is 17.3 Å². The van der Waals surface area contributed by atoms with Crippen LogP contribution in [-0.2, 0) is 26.2 Å². The fourth-order valence-electron chi connectivity index (χ4n) is 4.24. The minimum Gasteiger partial charge on any atom is -0.350 e. The average Bonchev–Trinajstić information content (AvgIpc) is 2.86. The monoisotopic (exact) mass is 569 g/mol. The first-order chi connectivity index (χ1) is 18.3. The maximum atomic E-state index is 14.0. The Hall–Kier alpha value is -3.36. The predicted octanol–water partition coefficient (Wildman–Crippen LogP) is 5.57. The summed E-state index contributed by atoms with van der Waals surface area (Å²) in [5.41, 5.74) is 1.69. The van der Waals surface area contributed by atoms with E-state index >= 15 is 0 Å². The predicted molar refractivity (Wildman–Crippen MR) is 156 cm³/mol. The van der Waals surface area contributed by atoms with Crippen LogP contribution in [0.2, 0.25) is 5.02 Å². The molecule has 9 heteroatoms. The molecule has 0 aliphatic heterocycles. The third kappa shape index (κ3) is 8.07. The summed E-state index contributed by atoms with van der Waals surface area (Å²) >= 11 is 5.99. The van der Waals surface area contributed by atoms with Crippen molar-refractivity contribution in [3.05, 3.63) is 95.0 Å². The van der Waals surface area contributed by atoms with Crippen molar-refractivity contribution in [2.75, 3.05) is 10.8 Å². The number of nitrogens with one attached hydrogen (secondary N) is 1. The zero-order valence-corrected chi connectivity index (χ0v) is 24.6. The molecule has 0 saturated carbocycles. The van der Waals surface area contributed by atoms with E-state index in [2.05, 4.69) is 5.32 Å². The summed E-state index contributed by atoms with van der Waals surface area (Å²) in [6, 6.07) is 21.2. The minimum atomic E-state index is -4.13. The molecule has 0 spiro atoms. The smallest absolute Gasteiger partial charge is 0.264 e. The molecule has 1 unspecified atom stereocenters. The molecule has 0 bridgehead atoms. The number of amides is 2. The molecule has 208 valence electrons. The molecule has 0 saturated heterocycles. The fraction of sp³-hybridized carbons (Fsp3) is 0.333. The summed E-state index contributed by atoms with van der Waals surface area (Å²) in [7, 11) is -4.13. The van der Waals surface area contributed by atoms with E-state index in [4.69, 9.17) is 11.6 Å². The second kappa shape index (κ2) is 12.7. The van der Waals surface area contributed by atoms with E-state index in [1.165, 1.54) is 29.2 Å². The van der Waals surface area contributed by atoms with Gasteiger partial charge in [0.05, 0.1) is 10.6 Å². The largest absolute Gasteiger partial charge is 0.350 e. The highest BCUT2D eigenvalue weighted by Gasteiger charge is 2.34. The fourth-order valence-corrected chi connectivity index (χ4v) is 5.78. The first-order valence-electron chi connectivity index (χ1n) is 12.8. The Morgan fingerprint density at radius 1 is 0.949 bits per heavy atom. The summed E-state index contributed by atoms with van der Waals surface area (Å²) in [4.78, 5) is 28.9. The number of nitrogens with zero attached hydrogens (tertiary/aromatic N) is 2. The number of hydrogen-bond donors (Lipinski definition) is 1. The van der Waals surface area contributed by atoms with Crippen molar-refractivity contribution in [3.8, 4) is 0 Å². The summed E-state index contributed by atoms with van der Waals surface area (Å²) < 4.78 is 28.7. The van der Waals surface area contributed by atoms with Gasteiger partial charge in [0.1, 0.15) is 12.6 Å². The molecule has 1 N–H and O–H groups in total. The number of anilines is 1. The van der Waals surface area contributed by atoms with E-state index in [0.717, 1.165) is 15.4 Å². The van der Waals surface area contributed by atoms with Crippen molar-refractivity contribution < 1.29 is 18.0 Å². The zero-order valence-electron chi connectivity index (χ0n) is 23.0. The van der Waals surface area contributed by atoms with Gasteiger partial charge < -0.3 is 10.2 Å². The van der Waals surface area contributed by atoms with Gasteiger partial charge in [-0.3, -0.25) is 13.9 Å². The van der Waals surface area contributed by atoms with Crippen molar-refractivity contribution in [2.24, 2.45) is 0 Å². The summed E-state index contributed by atoms with van der Waals surface area (Å²) in [6.45, 7) is 9.08. The molecule has 0 radical (unpaired) electrons. The van der Waals surface area contributed by atoms with E-state index in [0.29, 0.717) is 17.1 Å². The standard InChI is InChI=1S/C30H36ClN3O4S/c1-6-27(29(36)32-30(3,4)5)33(20-23-12-10-11-22(2)19-23)28(35)21-34(25-13-8-7-9-14-25)39(37,38)26-17-15-24(31)16-18-26/h7-19,27H,6,20-21H2,1-5H3,(H,32,36). The van der Waals surface area contributed by atoms with Gasteiger partial charge >= 0.3 is 0 Å². The normalized spacial score (nSPS) is 12.5. The van der Waals surface area contributed by atoms with Crippen LogP contribution in [0.25, 0.3) is 0 Å². The topological polar surface area (TPSA) is 86.8 Å². The SMILES string of the molecule is CCC(C(=O)NC(C)(C)C)N(Cc1cccc(C)c1)C(=O)CN(c1ccccc1)S(=O)(=O)c1ccc(Cl)cc1. The lowest BCUT2D eigenvalue weighted by atomic mass is 10.0. The molecule has 2 amide bonds. The van der Waals surface area contributed by atoms with Crippen LogP contribution in [-0.4, -0.2) is 43.3 Å². The van der Waals surface area contributed by atoms with E-state index in [1.54, 1.807) is 30.3 Å². The molecular formula is C30H36ClN3O4S. The lowest BCUT2D eigenvalue weighted by Gasteiger charge is -2.34. The zero-order chi connectivity index (χ0) is 28.8. The third-order valence-corrected chi connectivity index (χ3v) is 8.08. The highest BCUT2D eigenvalue weighted by molar-refractivity contribution is 7.92. The third-order valence-electron chi connectivity index (χ3n) is 6.04. The Morgan fingerprint density at radius 3 is 2.15 bits per heavy atom. The Bertz CT molecular complexity index is 1390. The number of carbonyl (C=O) groups is 2. The minimum absolute atomic E-state index is 0.00584. The molecule has 0 aliphatic rings. The highest BCUT2D eigenvalue weighted by Crippen LogP contribution is 2.26. The van der Waals surface area contributed by atoms with Crippen LogP contribution < -0.4 is 9.62 Å². The van der Waals surface area contributed by atoms with Crippen LogP contribution in [0.1, 0.15) is 45.2 Å². The highest BCUT2D eigenvalue weighted by atomic mass is 35.5. The molecule has 3 aromatic rings. The van der Waals surface area contributed by atoms with Crippen LogP contribution in [0.3, 0.4) is 0 Å². The number of carbonyl (C=O) groups excluding carboxylic acids is 2. The molecule has 1 atom stereocenters. The van der Waals surface area contributed by atoms with Crippen LogP contribution in [0.5, 0.6) is 0 Å². The Morgan fingerprint density at radius 2 is 1.59 bits per heavy atom. The molecule has 0 fully saturated rings. The van der Waals surface area contributed by atoms with Gasteiger partial charge in [-0.25, -0.2) is 8.42 Å². The number of rotatable bonds is 10. The van der Waals surface area contributed by atoms with Crippen molar-refractivity contribution in [3.63, 3.8) is 0 Å². The van der Waals surface area contributed by atoms with Crippen LogP contribution >= 0.6 is 11.6 Å². The van der Waals surface area contributed by atoms with Crippen molar-refractivity contribution in [2.45, 2.75) is 64.1 Å². The van der Waals surface area contributed by atoms with Gasteiger partial charge in [-0.2, -0.15) is 0 Å². The molecule has 0 heterocycles. The molecule has 0 aromatic heterocycles. The number of hydrogen-bond acceptors (Lipinski definition) is 4. The van der Waals surface area contributed by atoms with Crippen LogP contribution in [0, 0.1) is 6.92 Å². The average molecular weight is 570 g/mol. The molecule has 39 heavy (non-hydrogen) atoms. The number of sulfonamides is 1. The molecule has 3 aromatic carbocycles. The van der Waals surface area contributed by atoms with Crippen molar-refractivity contribution >= 4 is 39.1 Å². The molecule has 3 rings (SSSR count). The Kier molecular flexibility index (Phi) is 9.80. The van der Waals surface area contributed by atoms with Gasteiger partial charge in [0.15, 0.2) is 0 Å². The summed E-state index contributed by atoms with van der Waals surface area (Å²) in [5.74, 6) is -0.786. The second-order valence-corrected chi connectivity index (χ2v) is 12.8. The maximum Gasteiger partial charge on any atom is 0.264 e. The van der Waals surface area contributed by atoms with E-state index in [1.807, 2.05) is 58.9 Å². The first-order valence-corrected chi connectivity index (χ1v) is 14.6. The van der Waals surface area contributed by atoms with Gasteiger partial charge in [0, 0.05) is 17.1 Å². The van der Waals surface area contributed by atoms with E-state index in [9.17, 15) is 18.0 Å². The summed E-state index contributed by atoms with van der Waals surface area (Å²) in [6.07, 6.45) is 0.356. The lowest BCUT2D eigenvalue weighted by molar-refractivity contribution is -0.141. The number of aryl methyl sites for hydroxylation is 1. The van der Waals surface area contributed by atoms with Crippen molar-refractivity contribution in [1.82, 2.24) is 10.2 Å². The maximum absolute atomic E-state index is 14.0. The summed E-state index contributed by atoms with van der Waals surface area (Å²) in [5, 5.41) is 3.37. The number of halogens is 1. The van der Waals surface area contributed by atoms with Gasteiger partial charge in [-0.15, -0.1) is 0 Å². The van der Waals surface area contributed by atoms with E-state index < -0.39 is 34.1 Å². The first kappa shape index (κ1) is 30.2.